The molecule has 0 fully saturated rings. The van der Waals surface area contributed by atoms with E-state index in [1.54, 1.807) is 20.3 Å². The van der Waals surface area contributed by atoms with Crippen LogP contribution in [0.25, 0.3) is 0 Å². The molecule has 0 saturated heterocycles. The summed E-state index contributed by atoms with van der Waals surface area (Å²) < 4.78 is 16.0. The van der Waals surface area contributed by atoms with Crippen molar-refractivity contribution in [3.63, 3.8) is 0 Å². The first-order chi connectivity index (χ1) is 12.4. The van der Waals surface area contributed by atoms with Gasteiger partial charge in [0.05, 0.1) is 21.3 Å². The molecule has 2 aromatic rings. The maximum atomic E-state index is 12.8. The smallest absolute Gasteiger partial charge is 0.166 e. The number of benzene rings is 2. The van der Waals surface area contributed by atoms with Gasteiger partial charge in [0.2, 0.25) is 0 Å². The molecule has 5 nitrogen and oxygen atoms in total. The number of ketones is 1. The van der Waals surface area contributed by atoms with E-state index >= 15 is 0 Å². The standard InChI is InChI=1S/C21H24O5/c1-11-12(2)21(23)15-9-16(22)18(25-4)10-14(15)20(11)13-6-7-17(24-3)19(8-13)26-5/h6-12,20,22H,1-5H3/t11-,12-,20-/m1/s1. The fourth-order valence-electron chi connectivity index (χ4n) is 3.80. The van der Waals surface area contributed by atoms with Gasteiger partial charge in [0, 0.05) is 17.4 Å². The highest BCUT2D eigenvalue weighted by molar-refractivity contribution is 6.01. The van der Waals surface area contributed by atoms with Gasteiger partial charge in [0.25, 0.3) is 0 Å². The van der Waals surface area contributed by atoms with Crippen molar-refractivity contribution in [2.75, 3.05) is 21.3 Å². The van der Waals surface area contributed by atoms with Crippen molar-refractivity contribution in [1.29, 1.82) is 0 Å². The zero-order valence-electron chi connectivity index (χ0n) is 15.7. The van der Waals surface area contributed by atoms with E-state index in [1.807, 2.05) is 25.1 Å². The molecule has 5 heteroatoms. The number of Topliss-reactive ketones (excluding diaryl/α,β-unsaturated/α-hetero) is 1. The summed E-state index contributed by atoms with van der Waals surface area (Å²) in [6, 6.07) is 9.11. The number of hydrogen-bond acceptors (Lipinski definition) is 5. The SMILES string of the molecule is COc1cc2c(cc1O)C(=O)[C@H](C)[C@@H](C)[C@@H]2c1ccc(OC)c(OC)c1. The first-order valence-electron chi connectivity index (χ1n) is 8.59. The van der Waals surface area contributed by atoms with Gasteiger partial charge >= 0.3 is 0 Å². The van der Waals surface area contributed by atoms with E-state index in [9.17, 15) is 9.90 Å². The second-order valence-corrected chi connectivity index (χ2v) is 6.72. The molecule has 0 unspecified atom stereocenters. The third-order valence-corrected chi connectivity index (χ3v) is 5.45. The number of carbonyl (C=O) groups excluding carboxylic acids is 1. The van der Waals surface area contributed by atoms with Crippen molar-refractivity contribution >= 4 is 5.78 Å². The number of fused-ring (bicyclic) bond motifs is 1. The molecule has 2 aromatic carbocycles. The topological polar surface area (TPSA) is 65.0 Å². The molecule has 0 radical (unpaired) electrons. The summed E-state index contributed by atoms with van der Waals surface area (Å²) in [5.74, 6) is 1.60. The molecule has 3 rings (SSSR count). The Morgan fingerprint density at radius 3 is 2.15 bits per heavy atom. The molecule has 0 spiro atoms. The summed E-state index contributed by atoms with van der Waals surface area (Å²) in [6.07, 6.45) is 0. The highest BCUT2D eigenvalue weighted by atomic mass is 16.5. The Labute approximate surface area is 153 Å². The van der Waals surface area contributed by atoms with Crippen LogP contribution >= 0.6 is 0 Å². The van der Waals surface area contributed by atoms with Crippen LogP contribution in [-0.2, 0) is 0 Å². The fourth-order valence-corrected chi connectivity index (χ4v) is 3.80. The highest BCUT2D eigenvalue weighted by Gasteiger charge is 2.39. The second kappa shape index (κ2) is 6.90. The predicted octanol–water partition coefficient (Wildman–Crippen LogP) is 4.02. The molecule has 1 aliphatic rings. The van der Waals surface area contributed by atoms with Crippen LogP contribution in [0, 0.1) is 11.8 Å². The molecule has 0 heterocycles. The van der Waals surface area contributed by atoms with Gasteiger partial charge in [-0.25, -0.2) is 0 Å². The summed E-state index contributed by atoms with van der Waals surface area (Å²) in [5.41, 5.74) is 2.44. The first kappa shape index (κ1) is 18.1. The molecule has 138 valence electrons. The number of hydrogen-bond donors (Lipinski definition) is 1. The molecule has 1 aliphatic carbocycles. The van der Waals surface area contributed by atoms with E-state index < -0.39 is 0 Å². The maximum Gasteiger partial charge on any atom is 0.166 e. The van der Waals surface area contributed by atoms with Crippen molar-refractivity contribution < 1.29 is 24.1 Å². The molecular formula is C21H24O5. The van der Waals surface area contributed by atoms with Crippen molar-refractivity contribution in [3.8, 4) is 23.0 Å². The first-order valence-corrected chi connectivity index (χ1v) is 8.59. The minimum atomic E-state index is -0.159. The zero-order valence-corrected chi connectivity index (χ0v) is 15.7. The fraction of sp³-hybridized carbons (Fsp3) is 0.381. The lowest BCUT2D eigenvalue weighted by molar-refractivity contribution is 0.0865. The third-order valence-electron chi connectivity index (χ3n) is 5.45. The molecule has 0 aromatic heterocycles. The molecule has 0 amide bonds. The van der Waals surface area contributed by atoms with Crippen LogP contribution in [0.4, 0.5) is 0 Å². The van der Waals surface area contributed by atoms with Gasteiger partial charge in [-0.3, -0.25) is 4.79 Å². The summed E-state index contributed by atoms with van der Waals surface area (Å²) in [5, 5.41) is 10.1. The number of phenols is 1. The van der Waals surface area contributed by atoms with Gasteiger partial charge in [0.15, 0.2) is 28.8 Å². The molecule has 0 bridgehead atoms. The van der Waals surface area contributed by atoms with Crippen molar-refractivity contribution in [2.24, 2.45) is 11.8 Å². The van der Waals surface area contributed by atoms with Gasteiger partial charge in [-0.05, 0) is 41.3 Å². The average molecular weight is 356 g/mol. The van der Waals surface area contributed by atoms with Crippen LogP contribution < -0.4 is 14.2 Å². The number of carbonyl (C=O) groups is 1. The molecular weight excluding hydrogens is 332 g/mol. The van der Waals surface area contributed by atoms with Gasteiger partial charge < -0.3 is 19.3 Å². The van der Waals surface area contributed by atoms with Crippen molar-refractivity contribution in [3.05, 3.63) is 47.0 Å². The number of methoxy groups -OCH3 is 3. The highest BCUT2D eigenvalue weighted by Crippen LogP contribution is 2.47. The number of ether oxygens (including phenoxy) is 3. The molecule has 0 saturated carbocycles. The van der Waals surface area contributed by atoms with Gasteiger partial charge in [-0.2, -0.15) is 0 Å². The Morgan fingerprint density at radius 2 is 1.54 bits per heavy atom. The van der Waals surface area contributed by atoms with Crippen LogP contribution in [0.1, 0.15) is 41.3 Å². The summed E-state index contributed by atoms with van der Waals surface area (Å²) in [4.78, 5) is 12.8. The van der Waals surface area contributed by atoms with E-state index in [-0.39, 0.29) is 29.3 Å². The molecule has 26 heavy (non-hydrogen) atoms. The van der Waals surface area contributed by atoms with E-state index in [1.165, 1.54) is 13.2 Å². The molecule has 1 N–H and O–H groups in total. The third kappa shape index (κ3) is 2.77. The maximum absolute atomic E-state index is 12.8. The largest absolute Gasteiger partial charge is 0.504 e. The second-order valence-electron chi connectivity index (χ2n) is 6.72. The van der Waals surface area contributed by atoms with Crippen LogP contribution in [0.15, 0.2) is 30.3 Å². The lowest BCUT2D eigenvalue weighted by Crippen LogP contribution is -2.32. The van der Waals surface area contributed by atoms with E-state index in [0.29, 0.717) is 22.8 Å². The minimum Gasteiger partial charge on any atom is -0.504 e. The van der Waals surface area contributed by atoms with Crippen LogP contribution in [-0.4, -0.2) is 32.2 Å². The summed E-state index contributed by atoms with van der Waals surface area (Å²) >= 11 is 0. The van der Waals surface area contributed by atoms with Crippen molar-refractivity contribution in [2.45, 2.75) is 19.8 Å². The number of rotatable bonds is 4. The lowest BCUT2D eigenvalue weighted by atomic mass is 9.67. The Hall–Kier alpha value is -2.69. The average Bonchev–Trinajstić information content (AvgIpc) is 2.66. The van der Waals surface area contributed by atoms with Crippen LogP contribution in [0.5, 0.6) is 23.0 Å². The van der Waals surface area contributed by atoms with Gasteiger partial charge in [-0.15, -0.1) is 0 Å². The quantitative estimate of drug-likeness (QED) is 0.896. The lowest BCUT2D eigenvalue weighted by Gasteiger charge is -2.36. The van der Waals surface area contributed by atoms with Crippen LogP contribution in [0.3, 0.4) is 0 Å². The monoisotopic (exact) mass is 356 g/mol. The molecule has 3 atom stereocenters. The Kier molecular flexibility index (Phi) is 4.81. The summed E-state index contributed by atoms with van der Waals surface area (Å²) in [7, 11) is 4.71. The minimum absolute atomic E-state index is 0.0209. The molecule has 0 aliphatic heterocycles. The Balaban J connectivity index is 2.21. The van der Waals surface area contributed by atoms with E-state index in [0.717, 1.165) is 11.1 Å². The number of phenolic OH excluding ortho intramolecular Hbond substituents is 1. The normalized spacial score (nSPS) is 21.9. The Bertz CT molecular complexity index is 843. The van der Waals surface area contributed by atoms with Gasteiger partial charge in [0.1, 0.15) is 0 Å². The zero-order chi connectivity index (χ0) is 19.0. The van der Waals surface area contributed by atoms with Crippen LogP contribution in [0.2, 0.25) is 0 Å². The predicted molar refractivity (Wildman–Crippen MR) is 98.7 cm³/mol. The van der Waals surface area contributed by atoms with Gasteiger partial charge in [-0.1, -0.05) is 19.9 Å². The number of aromatic hydroxyl groups is 1. The Morgan fingerprint density at radius 1 is 0.885 bits per heavy atom. The van der Waals surface area contributed by atoms with Crippen molar-refractivity contribution in [1.82, 2.24) is 0 Å². The van der Waals surface area contributed by atoms with E-state index in [4.69, 9.17) is 14.2 Å². The van der Waals surface area contributed by atoms with E-state index in [2.05, 4.69) is 6.92 Å². The summed E-state index contributed by atoms with van der Waals surface area (Å²) in [6.45, 7) is 4.01.